The van der Waals surface area contributed by atoms with Gasteiger partial charge in [-0.1, -0.05) is 110 Å². The van der Waals surface area contributed by atoms with Gasteiger partial charge in [-0.15, -0.1) is 0 Å². The lowest BCUT2D eigenvalue weighted by Crippen LogP contribution is -2.37. The van der Waals surface area contributed by atoms with E-state index in [1.807, 2.05) is 0 Å². The molecule has 1 aliphatic rings. The Labute approximate surface area is 408 Å². The van der Waals surface area contributed by atoms with Gasteiger partial charge >= 0.3 is 24.1 Å². The summed E-state index contributed by atoms with van der Waals surface area (Å²) in [5.41, 5.74) is 0. The van der Waals surface area contributed by atoms with Crippen LogP contribution < -0.4 is 0 Å². The molecule has 12 heteroatoms. The van der Waals surface area contributed by atoms with Crippen molar-refractivity contribution in [1.82, 2.24) is 4.90 Å². The topological polar surface area (TPSA) is 136 Å². The number of esters is 3. The fourth-order valence-corrected chi connectivity index (χ4v) is 8.17. The van der Waals surface area contributed by atoms with Crippen LogP contribution in [0.2, 0.25) is 0 Å². The van der Waals surface area contributed by atoms with Gasteiger partial charge in [-0.05, 0) is 129 Å². The largest absolute Gasteiger partial charge is 0.508 e. The standard InChI is InChI=1S/C55H99NO11/c1-6-11-15-18-21-26-41-63-53(64-42-27-22-19-16-12-7-2)39-38-52(58)62-45-31-36-50(67-55(60)66-47-48-32-29-40-56(10-5)46-48)35-30-44-61-51(57)37-25-20-23-28-43-65-54(59)49(33-14-9-4)34-24-17-13-8-3/h11-12,15-16,48-50,53H,6-10,13-14,17-47H2,1-5H3/b15-11-,16-12-. The van der Waals surface area contributed by atoms with Crippen molar-refractivity contribution in [2.75, 3.05) is 59.3 Å². The number of allylic oxidation sites excluding steroid dienone is 4. The predicted octanol–water partition coefficient (Wildman–Crippen LogP) is 13.6. The number of likely N-dealkylation sites (tertiary alicyclic amines) is 1. The van der Waals surface area contributed by atoms with E-state index >= 15 is 0 Å². The summed E-state index contributed by atoms with van der Waals surface area (Å²) in [4.78, 5) is 53.3. The molecule has 1 saturated heterocycles. The average Bonchev–Trinajstić information content (AvgIpc) is 3.33. The van der Waals surface area contributed by atoms with Gasteiger partial charge in [0.05, 0.1) is 38.8 Å². The van der Waals surface area contributed by atoms with Gasteiger partial charge in [0.25, 0.3) is 0 Å². The highest BCUT2D eigenvalue weighted by Crippen LogP contribution is 2.21. The Morgan fingerprint density at radius 2 is 1.13 bits per heavy atom. The molecule has 0 bridgehead atoms. The van der Waals surface area contributed by atoms with E-state index < -0.39 is 18.5 Å². The Bertz CT molecular complexity index is 1230. The first-order valence-corrected chi connectivity index (χ1v) is 27.3. The first kappa shape index (κ1) is 62.1. The fourth-order valence-electron chi connectivity index (χ4n) is 8.17. The van der Waals surface area contributed by atoms with E-state index in [0.717, 1.165) is 135 Å². The Balaban J connectivity index is 2.52. The summed E-state index contributed by atoms with van der Waals surface area (Å²) >= 11 is 0. The van der Waals surface area contributed by atoms with Gasteiger partial charge in [0.2, 0.25) is 0 Å². The summed E-state index contributed by atoms with van der Waals surface area (Å²) in [7, 11) is 0. The number of hydrogen-bond donors (Lipinski definition) is 0. The van der Waals surface area contributed by atoms with E-state index in [-0.39, 0.29) is 49.4 Å². The van der Waals surface area contributed by atoms with Crippen LogP contribution >= 0.6 is 0 Å². The lowest BCUT2D eigenvalue weighted by Gasteiger charge is -2.31. The molecule has 0 aromatic rings. The Morgan fingerprint density at radius 1 is 0.552 bits per heavy atom. The summed E-state index contributed by atoms with van der Waals surface area (Å²) in [5.74, 6) is -0.316. The van der Waals surface area contributed by atoms with Crippen LogP contribution in [0.4, 0.5) is 4.79 Å². The highest BCUT2D eigenvalue weighted by atomic mass is 16.7. The van der Waals surface area contributed by atoms with Crippen LogP contribution in [0, 0.1) is 11.8 Å². The van der Waals surface area contributed by atoms with Gasteiger partial charge in [-0.25, -0.2) is 4.79 Å². The molecule has 0 saturated carbocycles. The van der Waals surface area contributed by atoms with Gasteiger partial charge in [0.1, 0.15) is 6.10 Å². The van der Waals surface area contributed by atoms with Crippen molar-refractivity contribution in [3.63, 3.8) is 0 Å². The van der Waals surface area contributed by atoms with Crippen LogP contribution in [0.3, 0.4) is 0 Å². The average molecular weight is 950 g/mol. The Hall–Kier alpha value is -2.96. The molecule has 0 amide bonds. The van der Waals surface area contributed by atoms with E-state index in [9.17, 15) is 19.2 Å². The number of piperidine rings is 1. The zero-order valence-corrected chi connectivity index (χ0v) is 43.4. The molecule has 1 heterocycles. The highest BCUT2D eigenvalue weighted by Gasteiger charge is 2.23. The zero-order valence-electron chi connectivity index (χ0n) is 43.4. The normalized spacial score (nSPS) is 15.3. The Kier molecular flexibility index (Phi) is 42.1. The van der Waals surface area contributed by atoms with Crippen LogP contribution in [0.25, 0.3) is 0 Å². The van der Waals surface area contributed by atoms with Crippen LogP contribution in [-0.4, -0.2) is 101 Å². The third kappa shape index (κ3) is 37.6. The maximum atomic E-state index is 12.9. The third-order valence-electron chi connectivity index (χ3n) is 12.3. The first-order chi connectivity index (χ1) is 32.8. The molecular formula is C55H99NO11. The smallest absolute Gasteiger partial charge is 0.466 e. The van der Waals surface area contributed by atoms with E-state index in [2.05, 4.69) is 63.8 Å². The molecule has 0 radical (unpaired) electrons. The van der Waals surface area contributed by atoms with Gasteiger partial charge in [-0.2, -0.15) is 0 Å². The molecule has 0 spiro atoms. The van der Waals surface area contributed by atoms with E-state index in [4.69, 9.17) is 33.2 Å². The maximum absolute atomic E-state index is 12.9. The van der Waals surface area contributed by atoms with Crippen molar-refractivity contribution in [1.29, 1.82) is 0 Å². The molecule has 67 heavy (non-hydrogen) atoms. The van der Waals surface area contributed by atoms with Crippen molar-refractivity contribution < 1.29 is 52.3 Å². The molecule has 3 unspecified atom stereocenters. The molecule has 0 N–H and O–H groups in total. The molecule has 0 aliphatic carbocycles. The minimum Gasteiger partial charge on any atom is -0.466 e. The molecular weight excluding hydrogens is 851 g/mol. The van der Waals surface area contributed by atoms with Crippen molar-refractivity contribution in [3.05, 3.63) is 24.3 Å². The SMILES string of the molecule is CC/C=C\CCCCOC(CCC(=O)OCCCC(CCCOC(=O)CCCCCCOC(=O)C(CCCC)CCCCCC)OC(=O)OCC1CCCN(CC)C1)OCCCC/C=C\CC. The molecule has 12 nitrogen and oxygen atoms in total. The number of hydrogen-bond acceptors (Lipinski definition) is 12. The van der Waals surface area contributed by atoms with Crippen LogP contribution in [0.15, 0.2) is 24.3 Å². The maximum Gasteiger partial charge on any atom is 0.508 e. The second-order valence-electron chi connectivity index (χ2n) is 18.4. The van der Waals surface area contributed by atoms with Crippen LogP contribution in [0.1, 0.15) is 221 Å². The quantitative estimate of drug-likeness (QED) is 0.0189. The molecule has 3 atom stereocenters. The third-order valence-corrected chi connectivity index (χ3v) is 12.3. The molecule has 0 aromatic heterocycles. The lowest BCUT2D eigenvalue weighted by molar-refractivity contribution is -0.159. The van der Waals surface area contributed by atoms with Crippen molar-refractivity contribution in [3.8, 4) is 0 Å². The Morgan fingerprint density at radius 3 is 1.76 bits per heavy atom. The van der Waals surface area contributed by atoms with E-state index in [1.54, 1.807) is 0 Å². The zero-order chi connectivity index (χ0) is 48.8. The summed E-state index contributed by atoms with van der Waals surface area (Å²) in [6.07, 6.45) is 32.2. The van der Waals surface area contributed by atoms with Crippen LogP contribution in [-0.2, 0) is 47.5 Å². The summed E-state index contributed by atoms with van der Waals surface area (Å²) in [5, 5.41) is 0. The lowest BCUT2D eigenvalue weighted by atomic mass is 9.95. The van der Waals surface area contributed by atoms with Gasteiger partial charge in [0, 0.05) is 38.5 Å². The van der Waals surface area contributed by atoms with Gasteiger partial charge in [0.15, 0.2) is 6.29 Å². The summed E-state index contributed by atoms with van der Waals surface area (Å²) < 4.78 is 40.3. The van der Waals surface area contributed by atoms with Crippen molar-refractivity contribution in [2.45, 2.75) is 233 Å². The van der Waals surface area contributed by atoms with E-state index in [0.29, 0.717) is 71.4 Å². The minimum atomic E-state index is -0.693. The molecule has 390 valence electrons. The highest BCUT2D eigenvalue weighted by molar-refractivity contribution is 5.72. The number of rotatable bonds is 45. The molecule has 1 rings (SSSR count). The van der Waals surface area contributed by atoms with Crippen LogP contribution in [0.5, 0.6) is 0 Å². The summed E-state index contributed by atoms with van der Waals surface area (Å²) in [6, 6.07) is 0. The fraction of sp³-hybridized carbons (Fsp3) is 0.855. The summed E-state index contributed by atoms with van der Waals surface area (Å²) in [6.45, 7) is 16.1. The number of carbonyl (C=O) groups is 4. The van der Waals surface area contributed by atoms with Crippen molar-refractivity contribution in [2.24, 2.45) is 11.8 Å². The van der Waals surface area contributed by atoms with Gasteiger partial charge in [-0.3, -0.25) is 14.4 Å². The number of unbranched alkanes of at least 4 members (excludes halogenated alkanes) is 11. The number of ether oxygens (including phenoxy) is 7. The monoisotopic (exact) mass is 950 g/mol. The second-order valence-corrected chi connectivity index (χ2v) is 18.4. The van der Waals surface area contributed by atoms with E-state index in [1.165, 1.54) is 19.3 Å². The predicted molar refractivity (Wildman–Crippen MR) is 269 cm³/mol. The number of nitrogens with zero attached hydrogens (tertiary/aromatic N) is 1. The number of carbonyl (C=O) groups excluding carboxylic acids is 4. The van der Waals surface area contributed by atoms with Gasteiger partial charge < -0.3 is 38.1 Å². The first-order valence-electron chi connectivity index (χ1n) is 27.3. The van der Waals surface area contributed by atoms with Crippen molar-refractivity contribution >= 4 is 24.1 Å². The molecule has 1 aliphatic heterocycles. The molecule has 0 aromatic carbocycles. The minimum absolute atomic E-state index is 0.0112. The molecule has 1 fully saturated rings. The second kappa shape index (κ2) is 45.5.